The van der Waals surface area contributed by atoms with Crippen LogP contribution in [0.1, 0.15) is 20.3 Å². The van der Waals surface area contributed by atoms with Crippen molar-refractivity contribution in [1.29, 1.82) is 0 Å². The van der Waals surface area contributed by atoms with Crippen molar-refractivity contribution < 1.29 is 0 Å². The fourth-order valence-electron chi connectivity index (χ4n) is 0.906. The van der Waals surface area contributed by atoms with E-state index in [1.54, 1.807) is 0 Å². The van der Waals surface area contributed by atoms with Gasteiger partial charge in [-0.15, -0.1) is 5.53 Å². The second kappa shape index (κ2) is 5.89. The molecule has 0 aliphatic heterocycles. The first-order valence-corrected chi connectivity index (χ1v) is 5.02. The number of rotatable bonds is 1. The first-order chi connectivity index (χ1) is 7.74. The highest BCUT2D eigenvalue weighted by molar-refractivity contribution is 6.33. The SMILES string of the molecule is CCC.[N-]=[N+]=Nn1ncc2c(Cl)ncnc21. The molecular formula is C8H10ClN7. The van der Waals surface area contributed by atoms with Crippen LogP contribution in [-0.4, -0.2) is 19.9 Å². The molecule has 0 amide bonds. The van der Waals surface area contributed by atoms with Gasteiger partial charge in [0.25, 0.3) is 5.65 Å². The molecule has 16 heavy (non-hydrogen) atoms. The van der Waals surface area contributed by atoms with E-state index < -0.39 is 0 Å². The molecule has 2 aromatic heterocycles. The van der Waals surface area contributed by atoms with Crippen LogP contribution in [0.15, 0.2) is 17.7 Å². The van der Waals surface area contributed by atoms with Crippen LogP contribution in [0.5, 0.6) is 0 Å². The number of halogens is 1. The molecule has 0 atom stereocenters. The van der Waals surface area contributed by atoms with Crippen LogP contribution < -0.4 is 0 Å². The zero-order chi connectivity index (χ0) is 12.0. The van der Waals surface area contributed by atoms with Gasteiger partial charge in [0.1, 0.15) is 16.9 Å². The third kappa shape index (κ3) is 2.59. The Morgan fingerprint density at radius 2 is 2.19 bits per heavy atom. The van der Waals surface area contributed by atoms with Gasteiger partial charge in [0.05, 0.1) is 6.20 Å². The van der Waals surface area contributed by atoms with Crippen molar-refractivity contribution >= 4 is 22.6 Å². The largest absolute Gasteiger partial charge is 0.265 e. The molecule has 0 saturated carbocycles. The second-order valence-corrected chi connectivity index (χ2v) is 3.18. The summed E-state index contributed by atoms with van der Waals surface area (Å²) in [6.07, 6.45) is 3.96. The van der Waals surface area contributed by atoms with Crippen LogP contribution in [-0.2, 0) is 0 Å². The maximum absolute atomic E-state index is 8.19. The van der Waals surface area contributed by atoms with Gasteiger partial charge in [-0.05, 0) is 0 Å². The first kappa shape index (κ1) is 12.2. The quantitative estimate of drug-likeness (QED) is 0.331. The summed E-state index contributed by atoms with van der Waals surface area (Å²) in [6.45, 7) is 4.25. The molecule has 2 heterocycles. The molecule has 0 aliphatic carbocycles. The highest BCUT2D eigenvalue weighted by atomic mass is 35.5. The number of nitrogens with zero attached hydrogens (tertiary/aromatic N) is 7. The Morgan fingerprint density at radius 1 is 1.50 bits per heavy atom. The lowest BCUT2D eigenvalue weighted by atomic mass is 10.4. The molecule has 0 spiro atoms. The standard InChI is InChI=1S/C5H2ClN7.C3H8/c6-4-3-1-10-13(12-11-7)5(3)9-2-8-4;1-3-2/h1-2H;3H2,1-2H3. The molecule has 0 aliphatic rings. The molecule has 0 unspecified atom stereocenters. The molecule has 84 valence electrons. The lowest BCUT2D eigenvalue weighted by Crippen LogP contribution is -1.90. The smallest absolute Gasteiger partial charge is 0.224 e. The molecule has 0 bridgehead atoms. The summed E-state index contributed by atoms with van der Waals surface area (Å²) < 4.78 is 0. The summed E-state index contributed by atoms with van der Waals surface area (Å²) >= 11 is 5.73. The van der Waals surface area contributed by atoms with Crippen molar-refractivity contribution in [3.63, 3.8) is 0 Å². The molecule has 0 saturated heterocycles. The van der Waals surface area contributed by atoms with Crippen LogP contribution >= 0.6 is 11.6 Å². The molecule has 8 heteroatoms. The monoisotopic (exact) mass is 239 g/mol. The third-order valence-corrected chi connectivity index (χ3v) is 1.73. The number of hydrogen-bond donors (Lipinski definition) is 0. The Hall–Kier alpha value is -1.85. The predicted molar refractivity (Wildman–Crippen MR) is 60.8 cm³/mol. The van der Waals surface area contributed by atoms with Gasteiger partial charge >= 0.3 is 0 Å². The van der Waals surface area contributed by atoms with E-state index in [9.17, 15) is 0 Å². The Kier molecular flexibility index (Phi) is 4.50. The Balaban J connectivity index is 0.000000386. The lowest BCUT2D eigenvalue weighted by Gasteiger charge is -1.87. The summed E-state index contributed by atoms with van der Waals surface area (Å²) in [5.74, 6) is 0. The van der Waals surface area contributed by atoms with Crippen molar-refractivity contribution in [2.45, 2.75) is 20.3 Å². The molecule has 0 fully saturated rings. The van der Waals surface area contributed by atoms with Crippen molar-refractivity contribution in [2.24, 2.45) is 5.22 Å². The summed E-state index contributed by atoms with van der Waals surface area (Å²) in [6, 6.07) is 0. The van der Waals surface area contributed by atoms with Crippen LogP contribution in [0.4, 0.5) is 0 Å². The van der Waals surface area contributed by atoms with Gasteiger partial charge in [-0.25, -0.2) is 4.98 Å². The van der Waals surface area contributed by atoms with Crippen molar-refractivity contribution in [3.8, 4) is 0 Å². The van der Waals surface area contributed by atoms with Crippen LogP contribution in [0, 0.1) is 0 Å². The summed E-state index contributed by atoms with van der Waals surface area (Å²) in [5, 5.41) is 7.86. The van der Waals surface area contributed by atoms with Crippen molar-refractivity contribution in [3.05, 3.63) is 28.1 Å². The minimum atomic E-state index is 0.282. The third-order valence-electron chi connectivity index (χ3n) is 1.42. The second-order valence-electron chi connectivity index (χ2n) is 2.82. The molecule has 7 nitrogen and oxygen atoms in total. The Morgan fingerprint density at radius 3 is 2.81 bits per heavy atom. The molecule has 0 N–H and O–H groups in total. The fourth-order valence-corrected chi connectivity index (χ4v) is 1.08. The maximum Gasteiger partial charge on any atom is 0.265 e. The maximum atomic E-state index is 8.19. The summed E-state index contributed by atoms with van der Waals surface area (Å²) in [7, 11) is 0. The molecule has 2 aromatic rings. The zero-order valence-electron chi connectivity index (χ0n) is 8.87. The fraction of sp³-hybridized carbons (Fsp3) is 0.375. The average Bonchev–Trinajstić information content (AvgIpc) is 2.65. The van der Waals surface area contributed by atoms with Gasteiger partial charge in [0, 0.05) is 5.22 Å². The van der Waals surface area contributed by atoms with Gasteiger partial charge in [-0.2, -0.15) is 9.90 Å². The van der Waals surface area contributed by atoms with E-state index in [0.29, 0.717) is 11.0 Å². The highest BCUT2D eigenvalue weighted by Crippen LogP contribution is 2.17. The zero-order valence-corrected chi connectivity index (χ0v) is 9.63. The summed E-state index contributed by atoms with van der Waals surface area (Å²) in [4.78, 5) is 11.2. The van der Waals surface area contributed by atoms with Gasteiger partial charge in [-0.1, -0.05) is 41.8 Å². The van der Waals surface area contributed by atoms with Crippen LogP contribution in [0.25, 0.3) is 21.5 Å². The van der Waals surface area contributed by atoms with E-state index in [2.05, 4.69) is 39.0 Å². The van der Waals surface area contributed by atoms with Crippen LogP contribution in [0.2, 0.25) is 5.15 Å². The van der Waals surface area contributed by atoms with Gasteiger partial charge < -0.3 is 0 Å². The van der Waals surface area contributed by atoms with E-state index in [4.69, 9.17) is 17.1 Å². The minimum Gasteiger partial charge on any atom is -0.224 e. The average molecular weight is 240 g/mol. The van der Waals surface area contributed by atoms with Gasteiger partial charge in [-0.3, -0.25) is 0 Å². The van der Waals surface area contributed by atoms with Crippen LogP contribution in [0.3, 0.4) is 0 Å². The van der Waals surface area contributed by atoms with Crippen molar-refractivity contribution in [2.75, 3.05) is 0 Å². The number of fused-ring (bicyclic) bond motifs is 1. The highest BCUT2D eigenvalue weighted by Gasteiger charge is 2.10. The number of azide groups is 1. The Labute approximate surface area is 96.7 Å². The molecule has 0 aromatic carbocycles. The topological polar surface area (TPSA) is 92.4 Å². The van der Waals surface area contributed by atoms with E-state index in [0.717, 1.165) is 4.79 Å². The van der Waals surface area contributed by atoms with Gasteiger partial charge in [0.2, 0.25) is 0 Å². The predicted octanol–water partition coefficient (Wildman–Crippen LogP) is 2.97. The lowest BCUT2D eigenvalue weighted by molar-refractivity contribution is 0.747. The first-order valence-electron chi connectivity index (χ1n) is 4.64. The normalized spacial score (nSPS) is 9.19. The van der Waals surface area contributed by atoms with E-state index in [1.807, 2.05) is 0 Å². The van der Waals surface area contributed by atoms with Crippen molar-refractivity contribution in [1.82, 2.24) is 19.9 Å². The van der Waals surface area contributed by atoms with E-state index in [-0.39, 0.29) is 5.15 Å². The molecular weight excluding hydrogens is 230 g/mol. The van der Waals surface area contributed by atoms with E-state index in [1.165, 1.54) is 18.9 Å². The Bertz CT molecular complexity index is 514. The summed E-state index contributed by atoms with van der Waals surface area (Å²) in [5.41, 5.74) is 8.57. The molecule has 2 rings (SSSR count). The minimum absolute atomic E-state index is 0.282. The van der Waals surface area contributed by atoms with Gasteiger partial charge in [0.15, 0.2) is 0 Å². The van der Waals surface area contributed by atoms with E-state index >= 15 is 0 Å². The molecule has 0 radical (unpaired) electrons. The number of aromatic nitrogens is 4. The number of hydrogen-bond acceptors (Lipinski definition) is 4.